The number of carbonyl (C=O) groups is 2. The summed E-state index contributed by atoms with van der Waals surface area (Å²) in [5.41, 5.74) is 2.23. The maximum absolute atomic E-state index is 12.8. The Morgan fingerprint density at radius 1 is 1.16 bits per heavy atom. The van der Waals surface area contributed by atoms with Crippen LogP contribution in [-0.4, -0.2) is 29.4 Å². The third-order valence-electron chi connectivity index (χ3n) is 3.61. The van der Waals surface area contributed by atoms with E-state index in [2.05, 4.69) is 15.6 Å². The average Bonchev–Trinajstić information content (AvgIpc) is 2.55. The molecule has 2 N–H and O–H groups in total. The molecule has 1 heterocycles. The molecule has 0 saturated heterocycles. The van der Waals surface area contributed by atoms with Crippen LogP contribution in [0.25, 0.3) is 0 Å². The Balaban J connectivity index is 1.71. The number of rotatable bonds is 7. The number of carbonyl (C=O) groups excluding carboxylic acids is 2. The van der Waals surface area contributed by atoms with Crippen molar-refractivity contribution in [3.05, 3.63) is 65.2 Å². The second kappa shape index (κ2) is 8.92. The number of pyridine rings is 1. The van der Waals surface area contributed by atoms with Crippen LogP contribution in [0.4, 0.5) is 4.39 Å². The first-order valence-electron chi connectivity index (χ1n) is 8.19. The van der Waals surface area contributed by atoms with Crippen molar-refractivity contribution in [3.63, 3.8) is 0 Å². The van der Waals surface area contributed by atoms with E-state index in [9.17, 15) is 14.0 Å². The summed E-state index contributed by atoms with van der Waals surface area (Å²) in [4.78, 5) is 28.2. The largest absolute Gasteiger partial charge is 0.353 e. The zero-order valence-electron chi connectivity index (χ0n) is 14.4. The summed E-state index contributed by atoms with van der Waals surface area (Å²) in [7, 11) is 0. The molecule has 0 fully saturated rings. The molecule has 0 unspecified atom stereocenters. The van der Waals surface area contributed by atoms with Crippen molar-refractivity contribution in [1.82, 2.24) is 15.6 Å². The molecule has 2 rings (SSSR count). The highest BCUT2D eigenvalue weighted by Crippen LogP contribution is 2.03. The fourth-order valence-corrected chi connectivity index (χ4v) is 2.42. The molecule has 0 spiro atoms. The molecule has 0 saturated carbocycles. The number of aromatic nitrogens is 1. The second-order valence-corrected chi connectivity index (χ2v) is 5.96. The van der Waals surface area contributed by atoms with Crippen molar-refractivity contribution >= 4 is 11.8 Å². The number of nitrogens with one attached hydrogen (secondary N) is 2. The quantitative estimate of drug-likeness (QED) is 0.811. The van der Waals surface area contributed by atoms with Crippen molar-refractivity contribution in [3.8, 4) is 0 Å². The van der Waals surface area contributed by atoms with Gasteiger partial charge in [0.25, 0.3) is 5.91 Å². The Hall–Kier alpha value is -2.76. The molecule has 0 aliphatic carbocycles. The first-order valence-corrected chi connectivity index (χ1v) is 8.19. The van der Waals surface area contributed by atoms with Gasteiger partial charge in [0.05, 0.1) is 0 Å². The Morgan fingerprint density at radius 3 is 2.56 bits per heavy atom. The van der Waals surface area contributed by atoms with E-state index in [1.807, 2.05) is 32.0 Å². The molecule has 1 aromatic heterocycles. The summed E-state index contributed by atoms with van der Waals surface area (Å²) in [5.74, 6) is -0.864. The van der Waals surface area contributed by atoms with E-state index in [4.69, 9.17) is 0 Å². The highest BCUT2D eigenvalue weighted by atomic mass is 19.1. The number of aryl methyl sites for hydroxylation is 1. The van der Waals surface area contributed by atoms with Gasteiger partial charge in [-0.25, -0.2) is 4.39 Å². The van der Waals surface area contributed by atoms with Gasteiger partial charge >= 0.3 is 0 Å². The Morgan fingerprint density at radius 2 is 1.88 bits per heavy atom. The molecular formula is C19H22FN3O2. The van der Waals surface area contributed by atoms with Crippen molar-refractivity contribution in [2.24, 2.45) is 0 Å². The predicted octanol–water partition coefficient (Wildman–Crippen LogP) is 2.40. The Labute approximate surface area is 146 Å². The monoisotopic (exact) mass is 343 g/mol. The van der Waals surface area contributed by atoms with Gasteiger partial charge in [-0.3, -0.25) is 14.6 Å². The van der Waals surface area contributed by atoms with E-state index in [1.165, 1.54) is 24.3 Å². The highest BCUT2D eigenvalue weighted by molar-refractivity contribution is 5.94. The fourth-order valence-electron chi connectivity index (χ4n) is 2.42. The lowest BCUT2D eigenvalue weighted by Crippen LogP contribution is -2.36. The van der Waals surface area contributed by atoms with Crippen molar-refractivity contribution in [2.75, 3.05) is 6.54 Å². The molecule has 0 aliphatic heterocycles. The number of halogens is 1. The SMILES string of the molecule is Cc1cccc(C[C@H](C)NC(=O)CCNC(=O)c2ccc(F)cc2)n1. The van der Waals surface area contributed by atoms with E-state index in [1.54, 1.807) is 0 Å². The van der Waals surface area contributed by atoms with Gasteiger partial charge in [-0.15, -0.1) is 0 Å². The van der Waals surface area contributed by atoms with Crippen LogP contribution in [0.15, 0.2) is 42.5 Å². The van der Waals surface area contributed by atoms with Crippen LogP contribution >= 0.6 is 0 Å². The summed E-state index contributed by atoms with van der Waals surface area (Å²) in [6, 6.07) is 11.0. The number of nitrogens with zero attached hydrogens (tertiary/aromatic N) is 1. The van der Waals surface area contributed by atoms with Crippen LogP contribution in [0.5, 0.6) is 0 Å². The molecule has 25 heavy (non-hydrogen) atoms. The number of hydrogen-bond donors (Lipinski definition) is 2. The van der Waals surface area contributed by atoms with Gasteiger partial charge in [0, 0.05) is 42.4 Å². The first-order chi connectivity index (χ1) is 11.9. The smallest absolute Gasteiger partial charge is 0.251 e. The molecule has 0 bridgehead atoms. The summed E-state index contributed by atoms with van der Waals surface area (Å²) in [5, 5.41) is 5.53. The molecule has 132 valence electrons. The third-order valence-corrected chi connectivity index (χ3v) is 3.61. The molecule has 1 aromatic carbocycles. The number of amides is 2. The van der Waals surface area contributed by atoms with Crippen molar-refractivity contribution < 1.29 is 14.0 Å². The van der Waals surface area contributed by atoms with E-state index >= 15 is 0 Å². The van der Waals surface area contributed by atoms with Crippen LogP contribution in [0.1, 0.15) is 35.1 Å². The summed E-state index contributed by atoms with van der Waals surface area (Å²) in [6.45, 7) is 4.06. The molecule has 6 heteroatoms. The molecule has 2 amide bonds. The standard InChI is InChI=1S/C19H22FN3O2/c1-13-4-3-5-17(22-13)12-14(2)23-18(24)10-11-21-19(25)15-6-8-16(20)9-7-15/h3-9,14H,10-12H2,1-2H3,(H,21,25)(H,23,24)/t14-/m0/s1. The summed E-state index contributed by atoms with van der Waals surface area (Å²) in [6.07, 6.45) is 0.827. The van der Waals surface area contributed by atoms with Gasteiger partial charge in [0.15, 0.2) is 0 Å². The van der Waals surface area contributed by atoms with Crippen molar-refractivity contribution in [1.29, 1.82) is 0 Å². The van der Waals surface area contributed by atoms with Gasteiger partial charge in [-0.05, 0) is 50.2 Å². The maximum atomic E-state index is 12.8. The summed E-state index contributed by atoms with van der Waals surface area (Å²) >= 11 is 0. The first kappa shape index (κ1) is 18.6. The van der Waals surface area contributed by atoms with E-state index in [0.29, 0.717) is 12.0 Å². The molecular weight excluding hydrogens is 321 g/mol. The van der Waals surface area contributed by atoms with Gasteiger partial charge in [0.1, 0.15) is 5.82 Å². The lowest BCUT2D eigenvalue weighted by molar-refractivity contribution is -0.121. The minimum Gasteiger partial charge on any atom is -0.353 e. The van der Waals surface area contributed by atoms with Gasteiger partial charge in [-0.1, -0.05) is 6.07 Å². The van der Waals surface area contributed by atoms with Crippen LogP contribution in [0.2, 0.25) is 0 Å². The predicted molar refractivity (Wildman–Crippen MR) is 93.6 cm³/mol. The zero-order valence-corrected chi connectivity index (χ0v) is 14.4. The number of benzene rings is 1. The van der Waals surface area contributed by atoms with Crippen LogP contribution in [0.3, 0.4) is 0 Å². The normalized spacial score (nSPS) is 11.6. The topological polar surface area (TPSA) is 71.1 Å². The fraction of sp³-hybridized carbons (Fsp3) is 0.316. The average molecular weight is 343 g/mol. The third kappa shape index (κ3) is 6.33. The molecule has 0 aliphatic rings. The zero-order chi connectivity index (χ0) is 18.2. The molecule has 2 aromatic rings. The number of hydrogen-bond acceptors (Lipinski definition) is 3. The second-order valence-electron chi connectivity index (χ2n) is 5.96. The minimum atomic E-state index is -0.395. The maximum Gasteiger partial charge on any atom is 0.251 e. The van der Waals surface area contributed by atoms with Crippen LogP contribution < -0.4 is 10.6 Å². The molecule has 5 nitrogen and oxygen atoms in total. The Bertz CT molecular complexity index is 732. The van der Waals surface area contributed by atoms with Crippen molar-refractivity contribution in [2.45, 2.75) is 32.7 Å². The van der Waals surface area contributed by atoms with E-state index in [-0.39, 0.29) is 30.8 Å². The van der Waals surface area contributed by atoms with Gasteiger partial charge < -0.3 is 10.6 Å². The minimum absolute atomic E-state index is 0.0467. The van der Waals surface area contributed by atoms with Crippen LogP contribution in [-0.2, 0) is 11.2 Å². The summed E-state index contributed by atoms with van der Waals surface area (Å²) < 4.78 is 12.8. The van der Waals surface area contributed by atoms with E-state index in [0.717, 1.165) is 11.4 Å². The highest BCUT2D eigenvalue weighted by Gasteiger charge is 2.10. The molecule has 1 atom stereocenters. The lowest BCUT2D eigenvalue weighted by atomic mass is 10.1. The van der Waals surface area contributed by atoms with Gasteiger partial charge in [0.2, 0.25) is 5.91 Å². The Kier molecular flexibility index (Phi) is 6.62. The van der Waals surface area contributed by atoms with Crippen LogP contribution in [0, 0.1) is 12.7 Å². The van der Waals surface area contributed by atoms with E-state index < -0.39 is 5.82 Å². The van der Waals surface area contributed by atoms with Gasteiger partial charge in [-0.2, -0.15) is 0 Å². The molecule has 0 radical (unpaired) electrons. The lowest BCUT2D eigenvalue weighted by Gasteiger charge is -2.14.